The van der Waals surface area contributed by atoms with E-state index >= 15 is 0 Å². The molecule has 0 amide bonds. The molecule has 0 unspecified atom stereocenters. The fourth-order valence-electron chi connectivity index (χ4n) is 1.36. The third kappa shape index (κ3) is 12.2. The van der Waals surface area contributed by atoms with E-state index in [0.29, 0.717) is 5.41 Å². The Kier molecular flexibility index (Phi) is 7.34. The van der Waals surface area contributed by atoms with Gasteiger partial charge in [-0.3, -0.25) is 0 Å². The third-order valence-electron chi connectivity index (χ3n) is 2.86. The van der Waals surface area contributed by atoms with Crippen LogP contribution in [0.4, 0.5) is 0 Å². The van der Waals surface area contributed by atoms with Crippen LogP contribution in [0.2, 0.25) is 0 Å². The standard InChI is InChI=1S/C15H33NO/c1-13(2)8-10-17-11-9-15(6,7)12-16-14(3,4)5/h13,16H,8-12H2,1-7H3. The monoisotopic (exact) mass is 243 g/mol. The SMILES string of the molecule is CC(C)CCOCCC(C)(C)CNC(C)(C)C. The lowest BCUT2D eigenvalue weighted by atomic mass is 9.88. The first kappa shape index (κ1) is 16.9. The number of ether oxygens (including phenoxy) is 1. The summed E-state index contributed by atoms with van der Waals surface area (Å²) in [6, 6.07) is 0. The summed E-state index contributed by atoms with van der Waals surface area (Å²) in [5, 5.41) is 3.57. The molecule has 17 heavy (non-hydrogen) atoms. The smallest absolute Gasteiger partial charge is 0.0471 e. The van der Waals surface area contributed by atoms with Crippen LogP contribution in [0.5, 0.6) is 0 Å². The van der Waals surface area contributed by atoms with Crippen molar-refractivity contribution in [1.29, 1.82) is 0 Å². The minimum atomic E-state index is 0.204. The van der Waals surface area contributed by atoms with Crippen LogP contribution in [-0.2, 0) is 4.74 Å². The van der Waals surface area contributed by atoms with Gasteiger partial charge in [-0.05, 0) is 44.9 Å². The van der Waals surface area contributed by atoms with Crippen molar-refractivity contribution in [2.45, 2.75) is 66.8 Å². The second kappa shape index (κ2) is 7.38. The van der Waals surface area contributed by atoms with E-state index in [1.54, 1.807) is 0 Å². The van der Waals surface area contributed by atoms with Gasteiger partial charge in [0.25, 0.3) is 0 Å². The Bertz CT molecular complexity index is 192. The van der Waals surface area contributed by atoms with E-state index in [2.05, 4.69) is 53.8 Å². The van der Waals surface area contributed by atoms with E-state index in [0.717, 1.165) is 32.1 Å². The highest BCUT2D eigenvalue weighted by Gasteiger charge is 2.20. The van der Waals surface area contributed by atoms with Crippen molar-refractivity contribution in [2.75, 3.05) is 19.8 Å². The van der Waals surface area contributed by atoms with E-state index in [1.165, 1.54) is 6.42 Å². The molecule has 0 aliphatic carbocycles. The first-order chi connectivity index (χ1) is 7.62. The minimum absolute atomic E-state index is 0.204. The van der Waals surface area contributed by atoms with Gasteiger partial charge in [-0.25, -0.2) is 0 Å². The molecule has 0 atom stereocenters. The predicted octanol–water partition coefficient (Wildman–Crippen LogP) is 3.85. The topological polar surface area (TPSA) is 21.3 Å². The van der Waals surface area contributed by atoms with E-state index in [1.807, 2.05) is 0 Å². The van der Waals surface area contributed by atoms with Crippen molar-refractivity contribution in [1.82, 2.24) is 5.32 Å². The van der Waals surface area contributed by atoms with Crippen molar-refractivity contribution in [3.63, 3.8) is 0 Å². The molecule has 0 aromatic heterocycles. The molecule has 0 rings (SSSR count). The Morgan fingerprint density at radius 3 is 2.06 bits per heavy atom. The van der Waals surface area contributed by atoms with Gasteiger partial charge in [-0.15, -0.1) is 0 Å². The molecule has 0 heterocycles. The molecule has 0 aromatic carbocycles. The molecule has 0 saturated carbocycles. The Morgan fingerprint density at radius 2 is 1.59 bits per heavy atom. The predicted molar refractivity (Wildman–Crippen MR) is 76.4 cm³/mol. The van der Waals surface area contributed by atoms with Crippen LogP contribution in [-0.4, -0.2) is 25.3 Å². The van der Waals surface area contributed by atoms with Crippen LogP contribution in [0, 0.1) is 11.3 Å². The van der Waals surface area contributed by atoms with Gasteiger partial charge in [0, 0.05) is 25.3 Å². The summed E-state index contributed by atoms with van der Waals surface area (Å²) in [6.07, 6.45) is 2.29. The van der Waals surface area contributed by atoms with Gasteiger partial charge < -0.3 is 10.1 Å². The van der Waals surface area contributed by atoms with Crippen molar-refractivity contribution < 1.29 is 4.74 Å². The highest BCUT2D eigenvalue weighted by Crippen LogP contribution is 2.20. The van der Waals surface area contributed by atoms with Gasteiger partial charge in [-0.2, -0.15) is 0 Å². The molecule has 0 radical (unpaired) electrons. The van der Waals surface area contributed by atoms with Crippen molar-refractivity contribution >= 4 is 0 Å². The van der Waals surface area contributed by atoms with Crippen molar-refractivity contribution in [3.8, 4) is 0 Å². The summed E-state index contributed by atoms with van der Waals surface area (Å²) in [5.74, 6) is 0.741. The van der Waals surface area contributed by atoms with Crippen LogP contribution in [0.25, 0.3) is 0 Å². The second-order valence-corrected chi connectivity index (χ2v) is 7.31. The summed E-state index contributed by atoms with van der Waals surface area (Å²) in [7, 11) is 0. The molecule has 0 bridgehead atoms. The van der Waals surface area contributed by atoms with Gasteiger partial charge in [0.05, 0.1) is 0 Å². The Balaban J connectivity index is 3.64. The van der Waals surface area contributed by atoms with Gasteiger partial charge in [0.1, 0.15) is 0 Å². The van der Waals surface area contributed by atoms with Crippen molar-refractivity contribution in [2.24, 2.45) is 11.3 Å². The molecule has 104 valence electrons. The molecular formula is C15H33NO. The van der Waals surface area contributed by atoms with E-state index in [9.17, 15) is 0 Å². The molecule has 0 fully saturated rings. The Labute approximate surface area is 109 Å². The zero-order valence-corrected chi connectivity index (χ0v) is 13.0. The summed E-state index contributed by atoms with van der Waals surface area (Å²) >= 11 is 0. The van der Waals surface area contributed by atoms with Crippen LogP contribution in [0.3, 0.4) is 0 Å². The van der Waals surface area contributed by atoms with Gasteiger partial charge >= 0.3 is 0 Å². The lowest BCUT2D eigenvalue weighted by Gasteiger charge is -2.30. The molecule has 0 aliphatic heterocycles. The Hall–Kier alpha value is -0.0800. The maximum Gasteiger partial charge on any atom is 0.0471 e. The summed E-state index contributed by atoms with van der Waals surface area (Å²) in [4.78, 5) is 0. The van der Waals surface area contributed by atoms with E-state index in [4.69, 9.17) is 4.74 Å². The number of hydrogen-bond acceptors (Lipinski definition) is 2. The quantitative estimate of drug-likeness (QED) is 0.654. The molecule has 0 aliphatic rings. The number of hydrogen-bond donors (Lipinski definition) is 1. The van der Waals surface area contributed by atoms with Crippen LogP contribution in [0.1, 0.15) is 61.3 Å². The maximum atomic E-state index is 5.68. The zero-order valence-electron chi connectivity index (χ0n) is 13.0. The number of rotatable bonds is 8. The normalized spacial score (nSPS) is 13.4. The molecule has 0 spiro atoms. The van der Waals surface area contributed by atoms with E-state index < -0.39 is 0 Å². The molecule has 0 aromatic rings. The fraction of sp³-hybridized carbons (Fsp3) is 1.00. The van der Waals surface area contributed by atoms with Crippen LogP contribution >= 0.6 is 0 Å². The molecular weight excluding hydrogens is 210 g/mol. The fourth-order valence-corrected chi connectivity index (χ4v) is 1.36. The second-order valence-electron chi connectivity index (χ2n) is 7.31. The molecule has 0 saturated heterocycles. The lowest BCUT2D eigenvalue weighted by Crippen LogP contribution is -2.42. The lowest BCUT2D eigenvalue weighted by molar-refractivity contribution is 0.0935. The van der Waals surface area contributed by atoms with Gasteiger partial charge in [0.15, 0.2) is 0 Å². The van der Waals surface area contributed by atoms with Gasteiger partial charge in [-0.1, -0.05) is 27.7 Å². The highest BCUT2D eigenvalue weighted by atomic mass is 16.5. The highest BCUT2D eigenvalue weighted by molar-refractivity contribution is 4.78. The van der Waals surface area contributed by atoms with Crippen LogP contribution in [0.15, 0.2) is 0 Å². The zero-order chi connectivity index (χ0) is 13.5. The summed E-state index contributed by atoms with van der Waals surface area (Å²) < 4.78 is 5.68. The summed E-state index contributed by atoms with van der Waals surface area (Å²) in [6.45, 7) is 18.5. The van der Waals surface area contributed by atoms with Crippen LogP contribution < -0.4 is 5.32 Å². The maximum absolute atomic E-state index is 5.68. The van der Waals surface area contributed by atoms with Gasteiger partial charge in [0.2, 0.25) is 0 Å². The number of nitrogens with one attached hydrogen (secondary N) is 1. The third-order valence-corrected chi connectivity index (χ3v) is 2.86. The largest absolute Gasteiger partial charge is 0.381 e. The first-order valence-corrected chi connectivity index (χ1v) is 6.95. The molecule has 1 N–H and O–H groups in total. The average Bonchev–Trinajstić information content (AvgIpc) is 2.13. The van der Waals surface area contributed by atoms with Crippen molar-refractivity contribution in [3.05, 3.63) is 0 Å². The summed E-state index contributed by atoms with van der Waals surface area (Å²) in [5.41, 5.74) is 0.515. The molecule has 2 nitrogen and oxygen atoms in total. The van der Waals surface area contributed by atoms with E-state index in [-0.39, 0.29) is 5.54 Å². The minimum Gasteiger partial charge on any atom is -0.381 e. The average molecular weight is 243 g/mol. The Morgan fingerprint density at radius 1 is 1.00 bits per heavy atom. The first-order valence-electron chi connectivity index (χ1n) is 6.95. The molecule has 2 heteroatoms.